The Labute approximate surface area is 139 Å². The Balaban J connectivity index is 1.74. The second-order valence-electron chi connectivity index (χ2n) is 6.57. The van der Waals surface area contributed by atoms with E-state index in [0.717, 1.165) is 11.9 Å². The lowest BCUT2D eigenvalue weighted by Gasteiger charge is -2.30. The van der Waals surface area contributed by atoms with Crippen molar-refractivity contribution in [3.63, 3.8) is 0 Å². The van der Waals surface area contributed by atoms with Crippen LogP contribution in [0, 0.1) is 5.92 Å². The summed E-state index contributed by atoms with van der Waals surface area (Å²) in [5.41, 5.74) is 0. The molecule has 6 nitrogen and oxygen atoms in total. The first-order chi connectivity index (χ1) is 11.1. The lowest BCUT2D eigenvalue weighted by molar-refractivity contribution is -0.147. The van der Waals surface area contributed by atoms with Crippen LogP contribution in [0.5, 0.6) is 0 Å². The van der Waals surface area contributed by atoms with Crippen molar-refractivity contribution in [1.82, 2.24) is 15.5 Å². The quantitative estimate of drug-likeness (QED) is 0.459. The third-order valence-electron chi connectivity index (χ3n) is 4.94. The molecule has 0 bridgehead atoms. The second kappa shape index (κ2) is 8.89. The van der Waals surface area contributed by atoms with E-state index in [1.807, 2.05) is 0 Å². The van der Waals surface area contributed by atoms with Crippen molar-refractivity contribution in [2.24, 2.45) is 10.9 Å². The van der Waals surface area contributed by atoms with Gasteiger partial charge in [0, 0.05) is 39.0 Å². The van der Waals surface area contributed by atoms with Gasteiger partial charge in [0.05, 0.1) is 0 Å². The highest BCUT2D eigenvalue weighted by molar-refractivity contribution is 5.97. The van der Waals surface area contributed by atoms with Crippen LogP contribution in [-0.2, 0) is 9.59 Å². The Bertz CT molecular complexity index is 434. The van der Waals surface area contributed by atoms with Gasteiger partial charge in [0.15, 0.2) is 5.96 Å². The molecule has 1 saturated carbocycles. The van der Waals surface area contributed by atoms with Gasteiger partial charge in [-0.3, -0.25) is 19.5 Å². The maximum Gasteiger partial charge on any atom is 0.229 e. The van der Waals surface area contributed by atoms with E-state index in [-0.39, 0.29) is 11.8 Å². The predicted octanol–water partition coefficient (Wildman–Crippen LogP) is 1.66. The van der Waals surface area contributed by atoms with Crippen molar-refractivity contribution in [2.45, 2.75) is 64.3 Å². The summed E-state index contributed by atoms with van der Waals surface area (Å²) in [4.78, 5) is 29.2. The molecule has 0 spiro atoms. The minimum absolute atomic E-state index is 0.0518. The van der Waals surface area contributed by atoms with E-state index in [1.54, 1.807) is 7.05 Å². The van der Waals surface area contributed by atoms with Crippen molar-refractivity contribution in [3.05, 3.63) is 0 Å². The molecule has 0 aromatic carbocycles. The van der Waals surface area contributed by atoms with Crippen LogP contribution >= 0.6 is 0 Å². The number of carbonyl (C=O) groups is 2. The molecule has 1 heterocycles. The minimum Gasteiger partial charge on any atom is -0.355 e. The van der Waals surface area contributed by atoms with Gasteiger partial charge < -0.3 is 10.6 Å². The van der Waals surface area contributed by atoms with Crippen LogP contribution in [0.2, 0.25) is 0 Å². The first-order valence-electron chi connectivity index (χ1n) is 8.94. The van der Waals surface area contributed by atoms with Crippen LogP contribution < -0.4 is 10.6 Å². The zero-order valence-corrected chi connectivity index (χ0v) is 14.4. The van der Waals surface area contributed by atoms with Crippen molar-refractivity contribution in [3.8, 4) is 0 Å². The average molecular weight is 322 g/mol. The molecule has 0 radical (unpaired) electrons. The molecule has 2 unspecified atom stereocenters. The highest BCUT2D eigenvalue weighted by Crippen LogP contribution is 2.26. The van der Waals surface area contributed by atoms with Crippen LogP contribution in [0.3, 0.4) is 0 Å². The van der Waals surface area contributed by atoms with Gasteiger partial charge in [0.2, 0.25) is 11.8 Å². The summed E-state index contributed by atoms with van der Waals surface area (Å²) in [5, 5.41) is 6.71. The summed E-state index contributed by atoms with van der Waals surface area (Å²) >= 11 is 0. The van der Waals surface area contributed by atoms with Crippen LogP contribution in [-0.4, -0.2) is 48.9 Å². The zero-order valence-electron chi connectivity index (χ0n) is 14.4. The minimum atomic E-state index is -0.0518. The fraction of sp³-hybridized carbons (Fsp3) is 0.824. The van der Waals surface area contributed by atoms with Crippen molar-refractivity contribution < 1.29 is 9.59 Å². The van der Waals surface area contributed by atoms with Crippen molar-refractivity contribution in [2.75, 3.05) is 20.1 Å². The largest absolute Gasteiger partial charge is 0.355 e. The van der Waals surface area contributed by atoms with Gasteiger partial charge in [-0.1, -0.05) is 26.2 Å². The number of nitrogens with zero attached hydrogens (tertiary/aromatic N) is 2. The van der Waals surface area contributed by atoms with Crippen molar-refractivity contribution >= 4 is 17.8 Å². The standard InChI is InChI=1S/C17H30N4O2/c1-3-13-6-4-7-14(12-13)20-17(18-2)19-10-11-21-15(22)8-5-9-16(21)23/h13-14H,3-12H2,1-2H3,(H2,18,19,20). The molecule has 6 heteroatoms. The lowest BCUT2D eigenvalue weighted by atomic mass is 9.84. The molecule has 1 aliphatic heterocycles. The number of guanidine groups is 1. The summed E-state index contributed by atoms with van der Waals surface area (Å²) in [6, 6.07) is 0.471. The number of rotatable bonds is 5. The molecule has 130 valence electrons. The molecule has 23 heavy (non-hydrogen) atoms. The number of nitrogens with one attached hydrogen (secondary N) is 2. The van der Waals surface area contributed by atoms with Gasteiger partial charge in [-0.05, 0) is 25.2 Å². The number of amides is 2. The Morgan fingerprint density at radius 2 is 1.96 bits per heavy atom. The number of likely N-dealkylation sites (tertiary alicyclic amines) is 1. The van der Waals surface area contributed by atoms with Crippen molar-refractivity contribution in [1.29, 1.82) is 0 Å². The number of hydrogen-bond acceptors (Lipinski definition) is 3. The molecule has 1 saturated heterocycles. The number of imide groups is 1. The molecule has 1 aliphatic carbocycles. The van der Waals surface area contributed by atoms with Crippen LogP contribution in [0.25, 0.3) is 0 Å². The maximum absolute atomic E-state index is 11.8. The van der Waals surface area contributed by atoms with Crippen LogP contribution in [0.4, 0.5) is 0 Å². The molecular weight excluding hydrogens is 292 g/mol. The fourth-order valence-electron chi connectivity index (χ4n) is 3.52. The Hall–Kier alpha value is -1.59. The molecule has 0 aromatic heterocycles. The summed E-state index contributed by atoms with van der Waals surface area (Å²) < 4.78 is 0. The van der Waals surface area contributed by atoms with E-state index < -0.39 is 0 Å². The SMILES string of the molecule is CCC1CCCC(NC(=NC)NCCN2C(=O)CCCC2=O)C1. The Kier molecular flexibility index (Phi) is 6.86. The topological polar surface area (TPSA) is 73.8 Å². The number of hydrogen-bond donors (Lipinski definition) is 2. The normalized spacial score (nSPS) is 26.3. The van der Waals surface area contributed by atoms with E-state index in [9.17, 15) is 9.59 Å². The van der Waals surface area contributed by atoms with E-state index in [1.165, 1.54) is 37.0 Å². The third-order valence-corrected chi connectivity index (χ3v) is 4.94. The molecule has 0 aromatic rings. The summed E-state index contributed by atoms with van der Waals surface area (Å²) in [5.74, 6) is 1.47. The monoisotopic (exact) mass is 322 g/mol. The smallest absolute Gasteiger partial charge is 0.229 e. The zero-order chi connectivity index (χ0) is 16.7. The fourth-order valence-corrected chi connectivity index (χ4v) is 3.52. The molecule has 2 atom stereocenters. The number of carbonyl (C=O) groups excluding carboxylic acids is 2. The molecular formula is C17H30N4O2. The van der Waals surface area contributed by atoms with Gasteiger partial charge in [-0.25, -0.2) is 0 Å². The highest BCUT2D eigenvalue weighted by atomic mass is 16.2. The number of aliphatic imine (C=N–C) groups is 1. The van der Waals surface area contributed by atoms with Gasteiger partial charge >= 0.3 is 0 Å². The maximum atomic E-state index is 11.8. The first kappa shape index (κ1) is 17.8. The van der Waals surface area contributed by atoms with E-state index in [4.69, 9.17) is 0 Å². The average Bonchev–Trinajstić information content (AvgIpc) is 2.56. The van der Waals surface area contributed by atoms with Gasteiger partial charge in [-0.15, -0.1) is 0 Å². The number of piperidine rings is 1. The lowest BCUT2D eigenvalue weighted by Crippen LogP contribution is -2.49. The summed E-state index contributed by atoms with van der Waals surface area (Å²) in [6.07, 6.45) is 7.87. The second-order valence-corrected chi connectivity index (χ2v) is 6.57. The Morgan fingerprint density at radius 1 is 1.22 bits per heavy atom. The molecule has 2 aliphatic rings. The van der Waals surface area contributed by atoms with Gasteiger partial charge in [0.1, 0.15) is 0 Å². The molecule has 2 amide bonds. The summed E-state index contributed by atoms with van der Waals surface area (Å²) in [7, 11) is 1.76. The van der Waals surface area contributed by atoms with Crippen LogP contribution in [0.15, 0.2) is 4.99 Å². The first-order valence-corrected chi connectivity index (χ1v) is 8.94. The molecule has 2 fully saturated rings. The molecule has 2 rings (SSSR count). The van der Waals surface area contributed by atoms with Gasteiger partial charge in [-0.2, -0.15) is 0 Å². The highest BCUT2D eigenvalue weighted by Gasteiger charge is 2.25. The predicted molar refractivity (Wildman–Crippen MR) is 91.1 cm³/mol. The van der Waals surface area contributed by atoms with Gasteiger partial charge in [0.25, 0.3) is 0 Å². The van der Waals surface area contributed by atoms with E-state index in [0.29, 0.717) is 38.4 Å². The van der Waals surface area contributed by atoms with Crippen LogP contribution in [0.1, 0.15) is 58.3 Å². The van der Waals surface area contributed by atoms with E-state index in [2.05, 4.69) is 22.5 Å². The Morgan fingerprint density at radius 3 is 2.61 bits per heavy atom. The molecule has 2 N–H and O–H groups in total. The third kappa shape index (κ3) is 5.22. The summed E-state index contributed by atoms with van der Waals surface area (Å²) in [6.45, 7) is 3.22. The van der Waals surface area contributed by atoms with E-state index >= 15 is 0 Å².